The van der Waals surface area contributed by atoms with Crippen molar-refractivity contribution in [1.82, 2.24) is 15.1 Å². The van der Waals surface area contributed by atoms with Gasteiger partial charge in [0.25, 0.3) is 11.8 Å². The average Bonchev–Trinajstić information content (AvgIpc) is 2.83. The molecule has 8 nitrogen and oxygen atoms in total. The second kappa shape index (κ2) is 10.6. The molecule has 2 aromatic carbocycles. The molecule has 1 fully saturated rings. The van der Waals surface area contributed by atoms with Gasteiger partial charge in [0.05, 0.1) is 4.90 Å². The predicted octanol–water partition coefficient (Wildman–Crippen LogP) is 2.00. The molecule has 0 radical (unpaired) electrons. The number of carbonyl (C=O) groups is 3. The number of carbonyl (C=O) groups excluding carboxylic acids is 3. The fourth-order valence-electron chi connectivity index (χ4n) is 3.64. The van der Waals surface area contributed by atoms with Gasteiger partial charge in [-0.1, -0.05) is 42.8 Å². The van der Waals surface area contributed by atoms with Crippen LogP contribution < -0.4 is 5.32 Å². The minimum absolute atomic E-state index is 0.0193. The molecular weight excluding hydrogens is 442 g/mol. The van der Waals surface area contributed by atoms with E-state index in [1.165, 1.54) is 17.0 Å². The number of nitrogens with zero attached hydrogens (tertiary/aromatic N) is 2. The number of amides is 3. The smallest absolute Gasteiger partial charge is 0.261 e. The molecule has 0 spiro atoms. The lowest BCUT2D eigenvalue weighted by atomic mass is 10.2. The Labute approximate surface area is 194 Å². The Morgan fingerprint density at radius 2 is 1.48 bits per heavy atom. The summed E-state index contributed by atoms with van der Waals surface area (Å²) in [6, 6.07) is 14.3. The lowest BCUT2D eigenvalue weighted by Crippen LogP contribution is -2.57. The van der Waals surface area contributed by atoms with Gasteiger partial charge in [-0.25, -0.2) is 8.42 Å². The third-order valence-electron chi connectivity index (χ3n) is 5.59. The zero-order valence-electron chi connectivity index (χ0n) is 18.9. The second-order valence-electron chi connectivity index (χ2n) is 8.03. The minimum atomic E-state index is -4.21. The normalized spacial score (nSPS) is 15.1. The highest BCUT2D eigenvalue weighted by molar-refractivity contribution is 7.92. The van der Waals surface area contributed by atoms with E-state index in [1.54, 1.807) is 47.4 Å². The van der Waals surface area contributed by atoms with Gasteiger partial charge in [0, 0.05) is 38.2 Å². The van der Waals surface area contributed by atoms with E-state index >= 15 is 0 Å². The van der Waals surface area contributed by atoms with Gasteiger partial charge in [-0.2, -0.15) is 0 Å². The second-order valence-corrected chi connectivity index (χ2v) is 10.1. The van der Waals surface area contributed by atoms with Crippen LogP contribution in [0.4, 0.5) is 0 Å². The third kappa shape index (κ3) is 5.78. The van der Waals surface area contributed by atoms with Crippen LogP contribution in [0.5, 0.6) is 0 Å². The zero-order valence-corrected chi connectivity index (χ0v) is 19.7. The SMILES string of the molecule is CCCC(=O)N1CCN(C(=O)[C@H](NC(=O)c2ccccc2)S(=O)(=O)c2ccc(C)cc2)CC1. The third-order valence-corrected chi connectivity index (χ3v) is 7.46. The summed E-state index contributed by atoms with van der Waals surface area (Å²) >= 11 is 0. The molecule has 3 amide bonds. The van der Waals surface area contributed by atoms with Gasteiger partial charge in [-0.05, 0) is 37.6 Å². The van der Waals surface area contributed by atoms with Crippen LogP contribution in [-0.2, 0) is 19.4 Å². The Morgan fingerprint density at radius 1 is 0.909 bits per heavy atom. The van der Waals surface area contributed by atoms with E-state index < -0.39 is 27.0 Å². The Bertz CT molecular complexity index is 1090. The molecule has 176 valence electrons. The maximum Gasteiger partial charge on any atom is 0.261 e. The van der Waals surface area contributed by atoms with E-state index in [9.17, 15) is 22.8 Å². The van der Waals surface area contributed by atoms with E-state index in [2.05, 4.69) is 5.32 Å². The molecule has 1 aliphatic rings. The maximum atomic E-state index is 13.4. The maximum absolute atomic E-state index is 13.4. The minimum Gasteiger partial charge on any atom is -0.339 e. The van der Waals surface area contributed by atoms with Crippen LogP contribution >= 0.6 is 0 Å². The Morgan fingerprint density at radius 3 is 2.06 bits per heavy atom. The molecule has 0 bridgehead atoms. The first kappa shape index (κ1) is 24.4. The van der Waals surface area contributed by atoms with Crippen LogP contribution in [0.15, 0.2) is 59.5 Å². The van der Waals surface area contributed by atoms with Gasteiger partial charge in [0.15, 0.2) is 0 Å². The number of sulfone groups is 1. The van der Waals surface area contributed by atoms with E-state index in [1.807, 2.05) is 13.8 Å². The quantitative estimate of drug-likeness (QED) is 0.665. The molecular formula is C24H29N3O5S. The number of aryl methyl sites for hydroxylation is 1. The van der Waals surface area contributed by atoms with Crippen LogP contribution in [-0.4, -0.2) is 67.5 Å². The van der Waals surface area contributed by atoms with Crippen LogP contribution in [0.1, 0.15) is 35.7 Å². The van der Waals surface area contributed by atoms with E-state index in [-0.39, 0.29) is 29.5 Å². The first-order valence-corrected chi connectivity index (χ1v) is 12.5. The van der Waals surface area contributed by atoms with Crippen molar-refractivity contribution in [2.75, 3.05) is 26.2 Å². The van der Waals surface area contributed by atoms with Crippen molar-refractivity contribution in [2.24, 2.45) is 0 Å². The number of hydrogen-bond acceptors (Lipinski definition) is 5. The van der Waals surface area contributed by atoms with Crippen LogP contribution in [0, 0.1) is 6.92 Å². The van der Waals surface area contributed by atoms with Crippen molar-refractivity contribution in [3.8, 4) is 0 Å². The summed E-state index contributed by atoms with van der Waals surface area (Å²) in [6.45, 7) is 4.82. The number of piperazine rings is 1. The van der Waals surface area contributed by atoms with Crippen molar-refractivity contribution >= 4 is 27.6 Å². The summed E-state index contributed by atoms with van der Waals surface area (Å²) in [6.07, 6.45) is 1.17. The van der Waals surface area contributed by atoms with Gasteiger partial charge < -0.3 is 15.1 Å². The van der Waals surface area contributed by atoms with Gasteiger partial charge in [0.1, 0.15) is 0 Å². The number of benzene rings is 2. The van der Waals surface area contributed by atoms with Gasteiger partial charge in [-0.15, -0.1) is 0 Å². The van der Waals surface area contributed by atoms with E-state index in [4.69, 9.17) is 0 Å². The molecule has 0 unspecified atom stereocenters. The number of rotatable bonds is 7. The standard InChI is InChI=1S/C24H29N3O5S/c1-3-7-21(28)26-14-16-27(17-15-26)24(30)23(25-22(29)19-8-5-4-6-9-19)33(31,32)20-12-10-18(2)11-13-20/h4-6,8-13,23H,3,7,14-17H2,1-2H3,(H,25,29)/t23-/m1/s1. The van der Waals surface area contributed by atoms with Gasteiger partial charge >= 0.3 is 0 Å². The van der Waals surface area contributed by atoms with Crippen LogP contribution in [0.2, 0.25) is 0 Å². The monoisotopic (exact) mass is 471 g/mol. The fourth-order valence-corrected chi connectivity index (χ4v) is 5.11. The molecule has 0 aliphatic carbocycles. The summed E-state index contributed by atoms with van der Waals surface area (Å²) in [5.74, 6) is -1.34. The molecule has 0 aromatic heterocycles. The predicted molar refractivity (Wildman–Crippen MR) is 124 cm³/mol. The highest BCUT2D eigenvalue weighted by Gasteiger charge is 2.39. The Balaban J connectivity index is 1.85. The van der Waals surface area contributed by atoms with E-state index in [0.717, 1.165) is 12.0 Å². The molecule has 1 heterocycles. The number of hydrogen-bond donors (Lipinski definition) is 1. The molecule has 0 saturated carbocycles. The molecule has 1 atom stereocenters. The molecule has 9 heteroatoms. The highest BCUT2D eigenvalue weighted by atomic mass is 32.2. The summed E-state index contributed by atoms with van der Waals surface area (Å²) in [5, 5.41) is 0.667. The van der Waals surface area contributed by atoms with Gasteiger partial charge in [0.2, 0.25) is 21.1 Å². The van der Waals surface area contributed by atoms with E-state index in [0.29, 0.717) is 19.5 Å². The Kier molecular flexibility index (Phi) is 7.86. The summed E-state index contributed by atoms with van der Waals surface area (Å²) in [4.78, 5) is 41.4. The summed E-state index contributed by atoms with van der Waals surface area (Å²) < 4.78 is 26.9. The molecule has 3 rings (SSSR count). The van der Waals surface area contributed by atoms with Crippen molar-refractivity contribution in [1.29, 1.82) is 0 Å². The molecule has 1 N–H and O–H groups in total. The molecule has 33 heavy (non-hydrogen) atoms. The zero-order chi connectivity index (χ0) is 24.0. The molecule has 2 aromatic rings. The fraction of sp³-hybridized carbons (Fsp3) is 0.375. The lowest BCUT2D eigenvalue weighted by molar-refractivity contribution is -0.139. The average molecular weight is 472 g/mol. The van der Waals surface area contributed by atoms with Crippen LogP contribution in [0.3, 0.4) is 0 Å². The van der Waals surface area contributed by atoms with Crippen LogP contribution in [0.25, 0.3) is 0 Å². The van der Waals surface area contributed by atoms with Crippen molar-refractivity contribution in [2.45, 2.75) is 37.0 Å². The lowest BCUT2D eigenvalue weighted by Gasteiger charge is -2.36. The summed E-state index contributed by atoms with van der Waals surface area (Å²) in [7, 11) is -4.21. The van der Waals surface area contributed by atoms with Gasteiger partial charge in [-0.3, -0.25) is 14.4 Å². The first-order chi connectivity index (χ1) is 15.7. The highest BCUT2D eigenvalue weighted by Crippen LogP contribution is 2.19. The van der Waals surface area contributed by atoms with Crippen molar-refractivity contribution in [3.05, 3.63) is 65.7 Å². The largest absolute Gasteiger partial charge is 0.339 e. The first-order valence-electron chi connectivity index (χ1n) is 11.0. The topological polar surface area (TPSA) is 104 Å². The summed E-state index contributed by atoms with van der Waals surface area (Å²) in [5.41, 5.74) is 1.13. The molecule has 1 aliphatic heterocycles. The molecule has 1 saturated heterocycles. The van der Waals surface area contributed by atoms with Crippen molar-refractivity contribution < 1.29 is 22.8 Å². The Hall–Kier alpha value is -3.20. The number of nitrogens with one attached hydrogen (secondary N) is 1. The van der Waals surface area contributed by atoms with Crippen molar-refractivity contribution in [3.63, 3.8) is 0 Å².